The Hall–Kier alpha value is -3.85. The van der Waals surface area contributed by atoms with Crippen LogP contribution < -0.4 is 24.4 Å². The summed E-state index contributed by atoms with van der Waals surface area (Å²) in [5.41, 5.74) is 3.19. The first kappa shape index (κ1) is 23.3. The van der Waals surface area contributed by atoms with Gasteiger partial charge in [-0.3, -0.25) is 9.59 Å². The second kappa shape index (κ2) is 10.4. The predicted octanol–water partition coefficient (Wildman–Crippen LogP) is 4.31. The molecule has 0 spiro atoms. The number of fused-ring (bicyclic) bond motifs is 1. The topological polar surface area (TPSA) is 90.0 Å². The number of thiazole rings is 1. The second-order valence-electron chi connectivity index (χ2n) is 7.54. The molecule has 3 aromatic rings. The van der Waals surface area contributed by atoms with Gasteiger partial charge in [0.25, 0.3) is 5.91 Å². The van der Waals surface area contributed by atoms with Gasteiger partial charge in [-0.1, -0.05) is 12.1 Å². The fourth-order valence-electron chi connectivity index (χ4n) is 3.63. The molecule has 0 bridgehead atoms. The highest BCUT2D eigenvalue weighted by molar-refractivity contribution is 7.14. The maximum Gasteiger partial charge on any atom is 0.265 e. The van der Waals surface area contributed by atoms with E-state index in [4.69, 9.17) is 14.2 Å². The van der Waals surface area contributed by atoms with Crippen LogP contribution in [0.25, 0.3) is 11.3 Å². The normalized spacial score (nSPS) is 12.5. The van der Waals surface area contributed by atoms with Gasteiger partial charge in [-0.25, -0.2) is 4.98 Å². The number of hydrogen-bond acceptors (Lipinski definition) is 7. The van der Waals surface area contributed by atoms with Crippen LogP contribution in [-0.2, 0) is 16.0 Å². The molecule has 0 unspecified atom stereocenters. The number of nitrogens with one attached hydrogen (secondary N) is 1. The van der Waals surface area contributed by atoms with E-state index >= 15 is 0 Å². The number of ether oxygens (including phenoxy) is 3. The molecule has 2 heterocycles. The van der Waals surface area contributed by atoms with Crippen LogP contribution in [0.1, 0.15) is 12.0 Å². The highest BCUT2D eigenvalue weighted by atomic mass is 32.1. The van der Waals surface area contributed by atoms with E-state index in [-0.39, 0.29) is 18.4 Å². The highest BCUT2D eigenvalue weighted by Crippen LogP contribution is 2.37. The van der Waals surface area contributed by atoms with Gasteiger partial charge < -0.3 is 24.4 Å². The molecule has 1 aliphatic heterocycles. The minimum Gasteiger partial charge on any atom is -0.493 e. The summed E-state index contributed by atoms with van der Waals surface area (Å²) in [6.07, 6.45) is 2.54. The first-order valence-corrected chi connectivity index (χ1v) is 11.5. The van der Waals surface area contributed by atoms with Gasteiger partial charge in [0.15, 0.2) is 23.2 Å². The van der Waals surface area contributed by atoms with Gasteiger partial charge in [-0.2, -0.15) is 0 Å². The minimum absolute atomic E-state index is 0.0103. The molecule has 4 rings (SSSR count). The molecule has 0 atom stereocenters. The molecular formula is C25H25N3O5S. The summed E-state index contributed by atoms with van der Waals surface area (Å²) in [5, 5.41) is 5.25. The molecule has 0 radical (unpaired) electrons. The number of rotatable bonds is 9. The first-order chi connectivity index (χ1) is 16.5. The van der Waals surface area contributed by atoms with Gasteiger partial charge in [0.2, 0.25) is 5.91 Å². The number of hydrogen-bond donors (Lipinski definition) is 1. The van der Waals surface area contributed by atoms with Gasteiger partial charge in [0.05, 0.1) is 25.6 Å². The number of anilines is 2. The number of aryl methyl sites for hydroxylation is 1. The van der Waals surface area contributed by atoms with Crippen LogP contribution in [0.4, 0.5) is 10.8 Å². The maximum atomic E-state index is 12.5. The Morgan fingerprint density at radius 3 is 2.82 bits per heavy atom. The lowest BCUT2D eigenvalue weighted by Gasteiger charge is -2.28. The van der Waals surface area contributed by atoms with Gasteiger partial charge in [0.1, 0.15) is 5.75 Å². The number of amides is 2. The van der Waals surface area contributed by atoms with Crippen molar-refractivity contribution in [1.29, 1.82) is 0 Å². The Morgan fingerprint density at radius 1 is 1.24 bits per heavy atom. The summed E-state index contributed by atoms with van der Waals surface area (Å²) in [4.78, 5) is 30.9. The van der Waals surface area contributed by atoms with Crippen LogP contribution in [0, 0.1) is 0 Å². The van der Waals surface area contributed by atoms with Crippen molar-refractivity contribution in [2.45, 2.75) is 12.8 Å². The lowest BCUT2D eigenvalue weighted by atomic mass is 10.1. The molecule has 0 fully saturated rings. The molecule has 0 aliphatic carbocycles. The van der Waals surface area contributed by atoms with E-state index < -0.39 is 0 Å². The average Bonchev–Trinajstić information content (AvgIpc) is 3.32. The number of aromatic nitrogens is 1. The quantitative estimate of drug-likeness (QED) is 0.460. The Balaban J connectivity index is 1.41. The van der Waals surface area contributed by atoms with E-state index in [0.717, 1.165) is 11.1 Å². The lowest BCUT2D eigenvalue weighted by molar-refractivity contribution is -0.121. The molecule has 176 valence electrons. The van der Waals surface area contributed by atoms with Crippen LogP contribution in [0.15, 0.2) is 54.4 Å². The monoisotopic (exact) mass is 479 g/mol. The summed E-state index contributed by atoms with van der Waals surface area (Å²) >= 11 is 1.35. The van der Waals surface area contributed by atoms with Crippen molar-refractivity contribution in [3.05, 3.63) is 60.0 Å². The Labute approximate surface area is 201 Å². The van der Waals surface area contributed by atoms with Crippen LogP contribution in [-0.4, -0.2) is 44.2 Å². The van der Waals surface area contributed by atoms with Crippen molar-refractivity contribution < 1.29 is 23.8 Å². The minimum atomic E-state index is -0.128. The summed E-state index contributed by atoms with van der Waals surface area (Å²) in [5.74, 6) is 1.68. The molecule has 1 N–H and O–H groups in total. The van der Waals surface area contributed by atoms with Crippen LogP contribution in [0.5, 0.6) is 17.2 Å². The van der Waals surface area contributed by atoms with Gasteiger partial charge in [0, 0.05) is 23.9 Å². The Bertz CT molecular complexity index is 1220. The fraction of sp³-hybridized carbons (Fsp3) is 0.240. The first-order valence-electron chi connectivity index (χ1n) is 10.7. The van der Waals surface area contributed by atoms with Crippen LogP contribution >= 0.6 is 11.3 Å². The Kier molecular flexibility index (Phi) is 7.12. The number of carbonyl (C=O) groups excluding carboxylic acids is 2. The summed E-state index contributed by atoms with van der Waals surface area (Å²) < 4.78 is 16.1. The lowest BCUT2D eigenvalue weighted by Crippen LogP contribution is -2.38. The smallest absolute Gasteiger partial charge is 0.265 e. The van der Waals surface area contributed by atoms with Gasteiger partial charge >= 0.3 is 0 Å². The van der Waals surface area contributed by atoms with E-state index in [1.165, 1.54) is 11.3 Å². The third-order valence-electron chi connectivity index (χ3n) is 5.35. The van der Waals surface area contributed by atoms with Crippen molar-refractivity contribution in [2.24, 2.45) is 0 Å². The Morgan fingerprint density at radius 2 is 2.06 bits per heavy atom. The predicted molar refractivity (Wildman–Crippen MR) is 132 cm³/mol. The molecule has 9 heteroatoms. The van der Waals surface area contributed by atoms with E-state index in [9.17, 15) is 9.59 Å². The van der Waals surface area contributed by atoms with Crippen LogP contribution in [0.2, 0.25) is 0 Å². The number of carbonyl (C=O) groups is 2. The van der Waals surface area contributed by atoms with Crippen molar-refractivity contribution in [3.63, 3.8) is 0 Å². The highest BCUT2D eigenvalue weighted by Gasteiger charge is 2.25. The van der Waals surface area contributed by atoms with Crippen molar-refractivity contribution >= 4 is 34.0 Å². The molecule has 1 aromatic heterocycles. The van der Waals surface area contributed by atoms with E-state index in [0.29, 0.717) is 53.1 Å². The molecule has 2 amide bonds. The third-order valence-corrected chi connectivity index (χ3v) is 6.11. The zero-order valence-corrected chi connectivity index (χ0v) is 19.8. The third kappa shape index (κ3) is 5.04. The zero-order valence-electron chi connectivity index (χ0n) is 19.0. The maximum absolute atomic E-state index is 12.5. The van der Waals surface area contributed by atoms with E-state index in [1.807, 2.05) is 41.8 Å². The summed E-state index contributed by atoms with van der Waals surface area (Å²) in [6, 6.07) is 11.2. The average molecular weight is 480 g/mol. The number of benzene rings is 2. The van der Waals surface area contributed by atoms with Crippen molar-refractivity contribution in [1.82, 2.24) is 4.98 Å². The number of nitrogens with zero attached hydrogens (tertiary/aromatic N) is 2. The molecule has 8 nitrogen and oxygen atoms in total. The van der Waals surface area contributed by atoms with Gasteiger partial charge in [-0.15, -0.1) is 17.9 Å². The molecule has 0 saturated carbocycles. The van der Waals surface area contributed by atoms with Crippen molar-refractivity contribution in [3.8, 4) is 28.5 Å². The van der Waals surface area contributed by atoms with Crippen LogP contribution in [0.3, 0.4) is 0 Å². The molecule has 0 saturated heterocycles. The van der Waals surface area contributed by atoms with E-state index in [2.05, 4.69) is 16.9 Å². The SMILES string of the molecule is C=CCN1C(=O)COc2ccc(-c3csc(NC(=O)CCc4ccc(OC)c(OC)c4)n3)cc21. The zero-order chi connectivity index (χ0) is 24.1. The van der Waals surface area contributed by atoms with Crippen molar-refractivity contribution in [2.75, 3.05) is 37.6 Å². The standard InChI is InChI=1S/C25H25N3O5S/c1-4-11-28-19-13-17(7-9-20(19)33-14-24(28)30)18-15-34-25(26-18)27-23(29)10-6-16-5-8-21(31-2)22(12-16)32-3/h4-5,7-9,12-13,15H,1,6,10-11,14H2,2-3H3,(H,26,27,29). The molecule has 2 aromatic carbocycles. The largest absolute Gasteiger partial charge is 0.493 e. The van der Waals surface area contributed by atoms with E-state index in [1.54, 1.807) is 25.2 Å². The summed E-state index contributed by atoms with van der Waals surface area (Å²) in [6.45, 7) is 4.14. The molecule has 34 heavy (non-hydrogen) atoms. The molecular weight excluding hydrogens is 454 g/mol. The fourth-order valence-corrected chi connectivity index (χ4v) is 4.37. The summed E-state index contributed by atoms with van der Waals surface area (Å²) in [7, 11) is 3.17. The number of methoxy groups -OCH3 is 2. The molecule has 1 aliphatic rings. The van der Waals surface area contributed by atoms with Gasteiger partial charge in [-0.05, 0) is 42.3 Å². The second-order valence-corrected chi connectivity index (χ2v) is 8.40.